The summed E-state index contributed by atoms with van der Waals surface area (Å²) >= 11 is 1.54. The van der Waals surface area contributed by atoms with Gasteiger partial charge in [-0.05, 0) is 30.7 Å². The third-order valence-electron chi connectivity index (χ3n) is 3.20. The number of thiazole rings is 1. The van der Waals surface area contributed by atoms with Crippen LogP contribution in [0, 0.1) is 6.92 Å². The van der Waals surface area contributed by atoms with Crippen LogP contribution in [0.4, 0.5) is 5.13 Å². The lowest BCUT2D eigenvalue weighted by atomic mass is 10.0. The fourth-order valence-electron chi connectivity index (χ4n) is 2.25. The third kappa shape index (κ3) is 3.09. The molecular weight excluding hydrogens is 294 g/mol. The molecule has 4 nitrogen and oxygen atoms in total. The summed E-state index contributed by atoms with van der Waals surface area (Å²) in [4.78, 5) is 4.33. The normalized spacial score (nSPS) is 11.2. The highest BCUT2D eigenvalue weighted by atomic mass is 32.1. The molecule has 3 rings (SSSR count). The molecule has 0 aliphatic heterocycles. The number of benzene rings is 2. The predicted molar refractivity (Wildman–Crippen MR) is 93.2 cm³/mol. The summed E-state index contributed by atoms with van der Waals surface area (Å²) in [7, 11) is 0. The maximum atomic E-state index is 5.72. The molecule has 0 spiro atoms. The average Bonchev–Trinajstić information content (AvgIpc) is 2.95. The van der Waals surface area contributed by atoms with Gasteiger partial charge in [-0.3, -0.25) is 5.43 Å². The number of hydrogen-bond acceptors (Lipinski definition) is 5. The maximum absolute atomic E-state index is 5.72. The zero-order valence-corrected chi connectivity index (χ0v) is 13.4. The molecule has 5 heteroatoms. The third-order valence-corrected chi connectivity index (χ3v) is 4.07. The first kappa shape index (κ1) is 14.5. The fraction of sp³-hybridized carbons (Fsp3) is 0.176. The molecule has 0 saturated heterocycles. The Morgan fingerprint density at radius 2 is 2.14 bits per heavy atom. The predicted octanol–water partition coefficient (Wildman–Crippen LogP) is 4.45. The van der Waals surface area contributed by atoms with Crippen LogP contribution in [0.25, 0.3) is 10.8 Å². The number of nitrogens with one attached hydrogen (secondary N) is 1. The van der Waals surface area contributed by atoms with Gasteiger partial charge < -0.3 is 4.74 Å². The number of rotatable bonds is 5. The van der Waals surface area contributed by atoms with Gasteiger partial charge in [0.1, 0.15) is 5.75 Å². The number of nitrogens with zero attached hydrogens (tertiary/aromatic N) is 2. The van der Waals surface area contributed by atoms with Gasteiger partial charge in [-0.25, -0.2) is 4.98 Å². The monoisotopic (exact) mass is 311 g/mol. The highest BCUT2D eigenvalue weighted by Gasteiger charge is 2.06. The van der Waals surface area contributed by atoms with Gasteiger partial charge in [0.15, 0.2) is 0 Å². The molecule has 0 fully saturated rings. The Morgan fingerprint density at radius 3 is 2.91 bits per heavy atom. The average molecular weight is 311 g/mol. The Morgan fingerprint density at radius 1 is 1.27 bits per heavy atom. The molecule has 0 saturated carbocycles. The Labute approximate surface area is 133 Å². The molecule has 0 aliphatic carbocycles. The summed E-state index contributed by atoms with van der Waals surface area (Å²) in [5.41, 5.74) is 4.93. The highest BCUT2D eigenvalue weighted by Crippen LogP contribution is 2.26. The molecule has 2 aromatic carbocycles. The zero-order valence-electron chi connectivity index (χ0n) is 12.5. The Bertz CT molecular complexity index is 811. The van der Waals surface area contributed by atoms with Crippen LogP contribution in [0.3, 0.4) is 0 Å². The minimum absolute atomic E-state index is 0.623. The number of hydrazone groups is 1. The minimum Gasteiger partial charge on any atom is -0.493 e. The van der Waals surface area contributed by atoms with Crippen LogP contribution in [-0.4, -0.2) is 17.8 Å². The number of ether oxygens (including phenoxy) is 1. The second-order valence-corrected chi connectivity index (χ2v) is 5.65. The van der Waals surface area contributed by atoms with Crippen molar-refractivity contribution >= 4 is 33.5 Å². The van der Waals surface area contributed by atoms with Crippen molar-refractivity contribution < 1.29 is 4.74 Å². The Hall–Kier alpha value is -2.40. The summed E-state index contributed by atoms with van der Waals surface area (Å²) in [5.74, 6) is 0.835. The maximum Gasteiger partial charge on any atom is 0.203 e. The summed E-state index contributed by atoms with van der Waals surface area (Å²) < 4.78 is 5.72. The van der Waals surface area contributed by atoms with Crippen molar-refractivity contribution in [1.29, 1.82) is 0 Å². The van der Waals surface area contributed by atoms with E-state index in [2.05, 4.69) is 33.7 Å². The summed E-state index contributed by atoms with van der Waals surface area (Å²) in [6.07, 6.45) is 1.80. The fourth-order valence-corrected chi connectivity index (χ4v) is 2.88. The lowest BCUT2D eigenvalue weighted by molar-refractivity contribution is 0.340. The molecule has 1 heterocycles. The highest BCUT2D eigenvalue weighted by molar-refractivity contribution is 7.13. The lowest BCUT2D eigenvalue weighted by Gasteiger charge is -2.10. The SMILES string of the molecule is CCOc1ccc2ccccc2c1C=NNc1nc(C)cs1. The van der Waals surface area contributed by atoms with E-state index in [9.17, 15) is 0 Å². The van der Waals surface area contributed by atoms with Crippen LogP contribution in [-0.2, 0) is 0 Å². The van der Waals surface area contributed by atoms with Crippen molar-refractivity contribution in [2.24, 2.45) is 5.10 Å². The van der Waals surface area contributed by atoms with Crippen molar-refractivity contribution in [1.82, 2.24) is 4.98 Å². The van der Waals surface area contributed by atoms with Crippen LogP contribution in [0.2, 0.25) is 0 Å². The smallest absolute Gasteiger partial charge is 0.203 e. The van der Waals surface area contributed by atoms with Gasteiger partial charge in [0.25, 0.3) is 0 Å². The van der Waals surface area contributed by atoms with Crippen LogP contribution in [0.5, 0.6) is 5.75 Å². The van der Waals surface area contributed by atoms with Crippen LogP contribution in [0.15, 0.2) is 46.9 Å². The van der Waals surface area contributed by atoms with Crippen molar-refractivity contribution in [2.45, 2.75) is 13.8 Å². The van der Waals surface area contributed by atoms with Gasteiger partial charge in [-0.2, -0.15) is 5.10 Å². The Balaban J connectivity index is 1.94. The first-order valence-corrected chi connectivity index (χ1v) is 8.01. The molecule has 0 bridgehead atoms. The van der Waals surface area contributed by atoms with E-state index in [1.54, 1.807) is 6.21 Å². The van der Waals surface area contributed by atoms with Gasteiger partial charge in [0, 0.05) is 10.9 Å². The van der Waals surface area contributed by atoms with E-state index in [4.69, 9.17) is 4.74 Å². The first-order chi connectivity index (χ1) is 10.8. The summed E-state index contributed by atoms with van der Waals surface area (Å²) in [6, 6.07) is 12.3. The first-order valence-electron chi connectivity index (χ1n) is 7.13. The second kappa shape index (κ2) is 6.58. The number of aryl methyl sites for hydroxylation is 1. The quantitative estimate of drug-likeness (QED) is 0.559. The molecule has 0 aliphatic rings. The van der Waals surface area contributed by atoms with E-state index in [0.717, 1.165) is 32.9 Å². The van der Waals surface area contributed by atoms with Crippen LogP contribution >= 0.6 is 11.3 Å². The number of hydrogen-bond donors (Lipinski definition) is 1. The van der Waals surface area contributed by atoms with E-state index in [1.807, 2.05) is 37.4 Å². The molecule has 3 aromatic rings. The summed E-state index contributed by atoms with van der Waals surface area (Å²) in [6.45, 7) is 4.56. The van der Waals surface area contributed by atoms with Gasteiger partial charge in [0.05, 0.1) is 18.5 Å². The van der Waals surface area contributed by atoms with Gasteiger partial charge in [-0.15, -0.1) is 11.3 Å². The Kier molecular flexibility index (Phi) is 4.34. The number of fused-ring (bicyclic) bond motifs is 1. The second-order valence-electron chi connectivity index (χ2n) is 4.80. The van der Waals surface area contributed by atoms with E-state index in [0.29, 0.717) is 6.61 Å². The molecule has 0 amide bonds. The van der Waals surface area contributed by atoms with E-state index >= 15 is 0 Å². The van der Waals surface area contributed by atoms with Crippen molar-refractivity contribution in [3.05, 3.63) is 53.0 Å². The molecule has 0 unspecified atom stereocenters. The standard InChI is InChI=1S/C17H17N3OS/c1-3-21-16-9-8-13-6-4-5-7-14(13)15(16)10-18-20-17-19-12(2)11-22-17/h4-11H,3H2,1-2H3,(H,19,20). The van der Waals surface area contributed by atoms with Gasteiger partial charge in [0.2, 0.25) is 5.13 Å². The molecule has 0 atom stereocenters. The van der Waals surface area contributed by atoms with Crippen LogP contribution in [0.1, 0.15) is 18.2 Å². The largest absolute Gasteiger partial charge is 0.493 e. The molecule has 0 radical (unpaired) electrons. The van der Waals surface area contributed by atoms with Crippen molar-refractivity contribution in [3.63, 3.8) is 0 Å². The van der Waals surface area contributed by atoms with E-state index in [-0.39, 0.29) is 0 Å². The van der Waals surface area contributed by atoms with Crippen molar-refractivity contribution in [2.75, 3.05) is 12.0 Å². The molecule has 112 valence electrons. The van der Waals surface area contributed by atoms with E-state index in [1.165, 1.54) is 11.3 Å². The van der Waals surface area contributed by atoms with Crippen LogP contribution < -0.4 is 10.2 Å². The lowest BCUT2D eigenvalue weighted by Crippen LogP contribution is -1.98. The van der Waals surface area contributed by atoms with Gasteiger partial charge in [-0.1, -0.05) is 30.3 Å². The molecular formula is C17H17N3OS. The van der Waals surface area contributed by atoms with Gasteiger partial charge >= 0.3 is 0 Å². The van der Waals surface area contributed by atoms with E-state index < -0.39 is 0 Å². The molecule has 1 aromatic heterocycles. The topological polar surface area (TPSA) is 46.5 Å². The minimum atomic E-state index is 0.623. The molecule has 1 N–H and O–H groups in total. The number of aromatic nitrogens is 1. The number of anilines is 1. The zero-order chi connectivity index (χ0) is 15.4. The summed E-state index contributed by atoms with van der Waals surface area (Å²) in [5, 5.41) is 9.37. The molecule has 22 heavy (non-hydrogen) atoms. The van der Waals surface area contributed by atoms with Crippen molar-refractivity contribution in [3.8, 4) is 5.75 Å².